The molecule has 0 saturated heterocycles. The number of nitrogens with one attached hydrogen (secondary N) is 2. The summed E-state index contributed by atoms with van der Waals surface area (Å²) in [5.74, 6) is -4.80. The summed E-state index contributed by atoms with van der Waals surface area (Å²) in [7, 11) is -8.23. The molecule has 10 nitrogen and oxygen atoms in total. The summed E-state index contributed by atoms with van der Waals surface area (Å²) >= 11 is 0. The van der Waals surface area contributed by atoms with Crippen molar-refractivity contribution < 1.29 is 49.8 Å². The largest absolute Gasteiger partial charge is 0.478 e. The van der Waals surface area contributed by atoms with Gasteiger partial charge in [-0.05, 0) is 121 Å². The molecule has 0 spiro atoms. The number of sulfonamides is 2. The summed E-state index contributed by atoms with van der Waals surface area (Å²) in [4.78, 5) is 20.7. The lowest BCUT2D eigenvalue weighted by atomic mass is 10.0. The Bertz CT molecular complexity index is 2600. The highest BCUT2D eigenvalue weighted by atomic mass is 32.2. The number of carbonyl (C=O) groups is 2. The summed E-state index contributed by atoms with van der Waals surface area (Å²) in [6, 6.07) is 34.1. The van der Waals surface area contributed by atoms with E-state index >= 15 is 0 Å². The van der Waals surface area contributed by atoms with Crippen LogP contribution >= 0.6 is 0 Å². The lowest BCUT2D eigenvalue weighted by molar-refractivity contribution is 0.0686. The molecule has 0 radical (unpaired) electrons. The molecule has 6 rings (SSSR count). The van der Waals surface area contributed by atoms with Crippen molar-refractivity contribution >= 4 is 43.4 Å². The van der Waals surface area contributed by atoms with E-state index in [1.165, 1.54) is 36.4 Å². The van der Waals surface area contributed by atoms with Gasteiger partial charge < -0.3 is 10.2 Å². The topological polar surface area (TPSA) is 167 Å². The first-order valence-corrected chi connectivity index (χ1v) is 20.1. The molecule has 0 aliphatic heterocycles. The number of hydrogen-bond acceptors (Lipinski definition) is 6. The minimum absolute atomic E-state index is 0.207. The average molecular weight is 817 g/mol. The number of benzene rings is 6. The van der Waals surface area contributed by atoms with Crippen molar-refractivity contribution in [3.05, 3.63) is 190 Å². The van der Waals surface area contributed by atoms with Crippen LogP contribution in [0.25, 0.3) is 0 Å². The SMILES string of the molecule is O=C(O)c1ccc(CCc2cccc(NS(=O)(=O)c3ccc(F)cc3F)c2)cc1.O=C(O)c1ccc(CCc2cccc(NS(=O)(=O)c3ccccc3F)c2)cc1. The molecular weight excluding hydrogens is 782 g/mol. The third kappa shape index (κ3) is 11.8. The first kappa shape index (κ1) is 41.7. The van der Waals surface area contributed by atoms with Crippen molar-refractivity contribution in [2.75, 3.05) is 9.44 Å². The fourth-order valence-electron chi connectivity index (χ4n) is 5.56. The third-order valence-corrected chi connectivity index (χ3v) is 11.3. The van der Waals surface area contributed by atoms with Crippen LogP contribution in [0.5, 0.6) is 0 Å². The highest BCUT2D eigenvalue weighted by Gasteiger charge is 2.20. The van der Waals surface area contributed by atoms with Gasteiger partial charge in [-0.15, -0.1) is 0 Å². The summed E-state index contributed by atoms with van der Waals surface area (Å²) in [6.45, 7) is 0. The van der Waals surface area contributed by atoms with Crippen molar-refractivity contribution in [2.24, 2.45) is 0 Å². The van der Waals surface area contributed by atoms with E-state index in [1.807, 2.05) is 12.1 Å². The van der Waals surface area contributed by atoms with E-state index in [2.05, 4.69) is 9.44 Å². The van der Waals surface area contributed by atoms with Gasteiger partial charge in [0.25, 0.3) is 20.0 Å². The third-order valence-electron chi connectivity index (χ3n) is 8.47. The van der Waals surface area contributed by atoms with Crippen molar-refractivity contribution in [3.63, 3.8) is 0 Å². The van der Waals surface area contributed by atoms with Gasteiger partial charge in [0, 0.05) is 17.4 Å². The maximum atomic E-state index is 13.8. The zero-order valence-electron chi connectivity index (χ0n) is 29.9. The van der Waals surface area contributed by atoms with Crippen LogP contribution in [0.15, 0.2) is 149 Å². The Morgan fingerprint density at radius 1 is 0.456 bits per heavy atom. The monoisotopic (exact) mass is 816 g/mol. The summed E-state index contributed by atoms with van der Waals surface area (Å²) in [5.41, 5.74) is 4.70. The van der Waals surface area contributed by atoms with Crippen LogP contribution in [0.3, 0.4) is 0 Å². The molecule has 0 saturated carbocycles. The van der Waals surface area contributed by atoms with Crippen LogP contribution in [0.4, 0.5) is 24.5 Å². The first-order valence-electron chi connectivity index (χ1n) is 17.2. The molecule has 0 aromatic heterocycles. The van der Waals surface area contributed by atoms with Gasteiger partial charge in [0.2, 0.25) is 0 Å². The van der Waals surface area contributed by atoms with Gasteiger partial charge in [-0.2, -0.15) is 0 Å². The highest BCUT2D eigenvalue weighted by molar-refractivity contribution is 7.93. The Hall–Kier alpha value is -6.45. The van der Waals surface area contributed by atoms with Crippen LogP contribution in [-0.4, -0.2) is 39.0 Å². The second-order valence-corrected chi connectivity index (χ2v) is 15.9. The zero-order chi connectivity index (χ0) is 41.2. The number of hydrogen-bond donors (Lipinski definition) is 4. The predicted molar refractivity (Wildman–Crippen MR) is 209 cm³/mol. The van der Waals surface area contributed by atoms with E-state index in [9.17, 15) is 39.6 Å². The Morgan fingerprint density at radius 3 is 1.30 bits per heavy atom. The molecule has 0 bridgehead atoms. The molecule has 4 N–H and O–H groups in total. The van der Waals surface area contributed by atoms with Crippen LogP contribution < -0.4 is 9.44 Å². The quantitative estimate of drug-likeness (QED) is 0.0851. The van der Waals surface area contributed by atoms with Gasteiger partial charge in [-0.25, -0.2) is 39.6 Å². The van der Waals surface area contributed by atoms with Gasteiger partial charge in [-0.3, -0.25) is 9.44 Å². The average Bonchev–Trinajstić information content (AvgIpc) is 3.17. The summed E-state index contributed by atoms with van der Waals surface area (Å²) in [5, 5.41) is 17.8. The molecular formula is C42H35F3N2O8S2. The molecule has 0 unspecified atom stereocenters. The molecule has 0 atom stereocenters. The van der Waals surface area contributed by atoms with Crippen LogP contribution in [0, 0.1) is 17.5 Å². The number of carboxylic acids is 2. The van der Waals surface area contributed by atoms with Crippen molar-refractivity contribution in [2.45, 2.75) is 35.5 Å². The normalized spacial score (nSPS) is 11.2. The molecule has 0 fully saturated rings. The maximum Gasteiger partial charge on any atom is 0.335 e. The van der Waals surface area contributed by atoms with E-state index in [0.29, 0.717) is 37.4 Å². The first-order chi connectivity index (χ1) is 27.1. The maximum absolute atomic E-state index is 13.8. The van der Waals surface area contributed by atoms with E-state index in [0.717, 1.165) is 40.5 Å². The van der Waals surface area contributed by atoms with Gasteiger partial charge in [0.05, 0.1) is 11.1 Å². The van der Waals surface area contributed by atoms with E-state index in [4.69, 9.17) is 10.2 Å². The molecule has 6 aromatic rings. The van der Waals surface area contributed by atoms with Crippen molar-refractivity contribution in [3.8, 4) is 0 Å². The number of rotatable bonds is 14. The number of aryl methyl sites for hydroxylation is 4. The standard InChI is InChI=1S/C21H17F2NO4S.C21H18FNO4S/c22-17-10-11-20(19(23)13-17)29(27,28)24-18-3-1-2-15(12-18)5-4-14-6-8-16(9-7-14)21(25)26;22-19-6-1-2-7-20(19)28(26,27)23-18-5-3-4-16(14-18)9-8-15-10-12-17(13-11-15)21(24)25/h1-3,6-13,24H,4-5H2,(H,25,26);1-7,10-14,23H,8-9H2,(H,24,25). The molecule has 57 heavy (non-hydrogen) atoms. The molecule has 0 amide bonds. The van der Waals surface area contributed by atoms with E-state index in [-0.39, 0.29) is 16.8 Å². The molecule has 0 heterocycles. The predicted octanol–water partition coefficient (Wildman–Crippen LogP) is 8.36. The lowest BCUT2D eigenvalue weighted by Crippen LogP contribution is -2.15. The Kier molecular flexibility index (Phi) is 13.5. The fourth-order valence-corrected chi connectivity index (χ4v) is 7.80. The Balaban J connectivity index is 0.000000218. The van der Waals surface area contributed by atoms with Crippen molar-refractivity contribution in [1.29, 1.82) is 0 Å². The van der Waals surface area contributed by atoms with Gasteiger partial charge in [0.1, 0.15) is 27.2 Å². The second kappa shape index (κ2) is 18.5. The summed E-state index contributed by atoms with van der Waals surface area (Å²) in [6.07, 6.45) is 2.53. The van der Waals surface area contributed by atoms with Crippen LogP contribution in [-0.2, 0) is 45.7 Å². The number of aromatic carboxylic acids is 2. The smallest absolute Gasteiger partial charge is 0.335 e. The molecule has 15 heteroatoms. The van der Waals surface area contributed by atoms with Gasteiger partial charge in [-0.1, -0.05) is 60.7 Å². The van der Waals surface area contributed by atoms with Crippen molar-refractivity contribution in [1.82, 2.24) is 0 Å². The number of halogens is 3. The zero-order valence-corrected chi connectivity index (χ0v) is 31.5. The number of anilines is 2. The number of carboxylic acid groups (broad SMARTS) is 2. The fraction of sp³-hybridized carbons (Fsp3) is 0.0952. The molecule has 294 valence electrons. The second-order valence-electron chi connectivity index (χ2n) is 12.6. The minimum atomic E-state index is -4.20. The molecule has 6 aromatic carbocycles. The minimum Gasteiger partial charge on any atom is -0.478 e. The molecule has 0 aliphatic carbocycles. The van der Waals surface area contributed by atoms with E-state index < -0.39 is 59.2 Å². The molecule has 0 aliphatic rings. The highest BCUT2D eigenvalue weighted by Crippen LogP contribution is 2.23. The van der Waals surface area contributed by atoms with E-state index in [1.54, 1.807) is 66.7 Å². The van der Waals surface area contributed by atoms with Crippen LogP contribution in [0.1, 0.15) is 43.0 Å². The Labute approximate surface area is 327 Å². The van der Waals surface area contributed by atoms with Crippen LogP contribution in [0.2, 0.25) is 0 Å². The summed E-state index contributed by atoms with van der Waals surface area (Å²) < 4.78 is 94.9. The van der Waals surface area contributed by atoms with Gasteiger partial charge >= 0.3 is 11.9 Å². The Morgan fingerprint density at radius 2 is 0.877 bits per heavy atom. The van der Waals surface area contributed by atoms with Gasteiger partial charge in [0.15, 0.2) is 0 Å². The lowest BCUT2D eigenvalue weighted by Gasteiger charge is -2.10.